The van der Waals surface area contributed by atoms with E-state index in [4.69, 9.17) is 4.42 Å². The maximum absolute atomic E-state index is 12.9. The van der Waals surface area contributed by atoms with Crippen molar-refractivity contribution in [2.24, 2.45) is 0 Å². The van der Waals surface area contributed by atoms with Gasteiger partial charge in [0.2, 0.25) is 0 Å². The van der Waals surface area contributed by atoms with Gasteiger partial charge in [-0.2, -0.15) is 13.2 Å². The highest BCUT2D eigenvalue weighted by molar-refractivity contribution is 5.92. The number of alkyl halides is 3. The summed E-state index contributed by atoms with van der Waals surface area (Å²) in [5.74, 6) is 0.564. The van der Waals surface area contributed by atoms with E-state index in [0.29, 0.717) is 11.3 Å². The zero-order valence-corrected chi connectivity index (χ0v) is 13.4. The normalized spacial score (nSPS) is 16.0. The largest absolute Gasteiger partial charge is 0.456 e. The van der Waals surface area contributed by atoms with Crippen LogP contribution in [0, 0.1) is 6.92 Å². The lowest BCUT2D eigenvalue weighted by atomic mass is 10.0. The second kappa shape index (κ2) is 6.00. The molecule has 0 saturated heterocycles. The van der Waals surface area contributed by atoms with Crippen LogP contribution < -0.4 is 0 Å². The molecule has 128 valence electrons. The SMILES string of the molecule is Cc1ccc(C(=O)N(C2CC2)[C@@H](C)c2cccc(C(F)(F)F)c2)o1. The molecule has 1 amide bonds. The van der Waals surface area contributed by atoms with E-state index in [2.05, 4.69) is 0 Å². The summed E-state index contributed by atoms with van der Waals surface area (Å²) >= 11 is 0. The third-order valence-electron chi connectivity index (χ3n) is 4.24. The van der Waals surface area contributed by atoms with Gasteiger partial charge in [-0.15, -0.1) is 0 Å². The van der Waals surface area contributed by atoms with Gasteiger partial charge in [-0.1, -0.05) is 12.1 Å². The fraction of sp³-hybridized carbons (Fsp3) is 0.389. The summed E-state index contributed by atoms with van der Waals surface area (Å²) in [6.07, 6.45) is -2.69. The Hall–Kier alpha value is -2.24. The molecule has 1 fully saturated rings. The Labute approximate surface area is 138 Å². The predicted molar refractivity (Wildman–Crippen MR) is 82.5 cm³/mol. The summed E-state index contributed by atoms with van der Waals surface area (Å²) in [7, 11) is 0. The van der Waals surface area contributed by atoms with Gasteiger partial charge in [0.25, 0.3) is 5.91 Å². The molecule has 6 heteroatoms. The van der Waals surface area contributed by atoms with Gasteiger partial charge >= 0.3 is 6.18 Å². The van der Waals surface area contributed by atoms with Crippen molar-refractivity contribution in [3.63, 3.8) is 0 Å². The van der Waals surface area contributed by atoms with Crippen LogP contribution in [0.2, 0.25) is 0 Å². The average molecular weight is 337 g/mol. The molecule has 1 atom stereocenters. The first-order valence-electron chi connectivity index (χ1n) is 7.83. The minimum atomic E-state index is -4.40. The van der Waals surface area contributed by atoms with E-state index in [1.54, 1.807) is 36.9 Å². The minimum absolute atomic E-state index is 0.0486. The number of nitrogens with zero attached hydrogens (tertiary/aromatic N) is 1. The van der Waals surface area contributed by atoms with Crippen molar-refractivity contribution in [1.82, 2.24) is 4.90 Å². The molecule has 0 radical (unpaired) electrons. The molecular weight excluding hydrogens is 319 g/mol. The van der Waals surface area contributed by atoms with Crippen LogP contribution in [0.3, 0.4) is 0 Å². The molecule has 0 aliphatic heterocycles. The van der Waals surface area contributed by atoms with Crippen LogP contribution in [0.4, 0.5) is 13.2 Å². The van der Waals surface area contributed by atoms with Gasteiger partial charge in [0, 0.05) is 6.04 Å². The third kappa shape index (κ3) is 3.32. The Kier molecular flexibility index (Phi) is 4.15. The van der Waals surface area contributed by atoms with E-state index in [1.807, 2.05) is 0 Å². The zero-order valence-electron chi connectivity index (χ0n) is 13.4. The molecule has 3 rings (SSSR count). The van der Waals surface area contributed by atoms with E-state index >= 15 is 0 Å². The van der Waals surface area contributed by atoms with Crippen molar-refractivity contribution in [2.75, 3.05) is 0 Å². The van der Waals surface area contributed by atoms with Crippen molar-refractivity contribution >= 4 is 5.91 Å². The molecule has 2 aromatic rings. The topological polar surface area (TPSA) is 33.5 Å². The fourth-order valence-electron chi connectivity index (χ4n) is 2.82. The van der Waals surface area contributed by atoms with Crippen molar-refractivity contribution in [3.8, 4) is 0 Å². The number of benzene rings is 1. The molecule has 1 aliphatic rings. The first-order chi connectivity index (χ1) is 11.3. The Balaban J connectivity index is 1.90. The highest BCUT2D eigenvalue weighted by Gasteiger charge is 2.38. The van der Waals surface area contributed by atoms with E-state index in [1.165, 1.54) is 6.07 Å². The molecule has 1 aromatic heterocycles. The Bertz CT molecular complexity index is 747. The minimum Gasteiger partial charge on any atom is -0.456 e. The molecule has 1 saturated carbocycles. The van der Waals surface area contributed by atoms with Gasteiger partial charge in [0.05, 0.1) is 11.6 Å². The molecule has 0 spiro atoms. The van der Waals surface area contributed by atoms with Gasteiger partial charge in [-0.25, -0.2) is 0 Å². The summed E-state index contributed by atoms with van der Waals surface area (Å²) < 4.78 is 44.2. The van der Waals surface area contributed by atoms with E-state index in [-0.39, 0.29) is 17.7 Å². The summed E-state index contributed by atoms with van der Waals surface area (Å²) in [6, 6.07) is 8.04. The number of carbonyl (C=O) groups excluding carboxylic acids is 1. The summed E-state index contributed by atoms with van der Waals surface area (Å²) in [4.78, 5) is 14.4. The van der Waals surface area contributed by atoms with Crippen LogP contribution in [0.25, 0.3) is 0 Å². The van der Waals surface area contributed by atoms with Crippen LogP contribution in [0.5, 0.6) is 0 Å². The van der Waals surface area contributed by atoms with Gasteiger partial charge in [0.1, 0.15) is 5.76 Å². The lowest BCUT2D eigenvalue weighted by Gasteiger charge is -2.29. The highest BCUT2D eigenvalue weighted by Crippen LogP contribution is 2.37. The molecule has 0 bridgehead atoms. The van der Waals surface area contributed by atoms with Crippen LogP contribution >= 0.6 is 0 Å². The predicted octanol–water partition coefficient (Wildman–Crippen LogP) is 4.97. The Morgan fingerprint density at radius 2 is 1.96 bits per heavy atom. The molecule has 24 heavy (non-hydrogen) atoms. The van der Waals surface area contributed by atoms with Crippen molar-refractivity contribution in [2.45, 2.75) is 44.9 Å². The number of carbonyl (C=O) groups is 1. The molecule has 3 nitrogen and oxygen atoms in total. The van der Waals surface area contributed by atoms with E-state index < -0.39 is 17.8 Å². The second-order valence-electron chi connectivity index (χ2n) is 6.15. The molecular formula is C18H18F3NO2. The first-order valence-corrected chi connectivity index (χ1v) is 7.83. The fourth-order valence-corrected chi connectivity index (χ4v) is 2.82. The smallest absolute Gasteiger partial charge is 0.416 e. The standard InChI is InChI=1S/C18H18F3NO2/c1-11-6-9-16(24-11)17(23)22(15-7-8-15)12(2)13-4-3-5-14(10-13)18(19,20)21/h3-6,9-10,12,15H,7-8H2,1-2H3/t12-/m0/s1. The molecule has 1 aliphatic carbocycles. The van der Waals surface area contributed by atoms with Crippen molar-refractivity contribution in [3.05, 3.63) is 59.0 Å². The third-order valence-corrected chi connectivity index (χ3v) is 4.24. The maximum Gasteiger partial charge on any atom is 0.416 e. The molecule has 0 N–H and O–H groups in total. The molecule has 1 heterocycles. The first kappa shape index (κ1) is 16.6. The van der Waals surface area contributed by atoms with Crippen LogP contribution in [0.15, 0.2) is 40.8 Å². The van der Waals surface area contributed by atoms with E-state index in [9.17, 15) is 18.0 Å². The van der Waals surface area contributed by atoms with Crippen LogP contribution in [-0.2, 0) is 6.18 Å². The van der Waals surface area contributed by atoms with E-state index in [0.717, 1.165) is 25.0 Å². The van der Waals surface area contributed by atoms with Gasteiger partial charge in [-0.05, 0) is 56.5 Å². The highest BCUT2D eigenvalue weighted by atomic mass is 19.4. The van der Waals surface area contributed by atoms with Gasteiger partial charge in [0.15, 0.2) is 5.76 Å². The Morgan fingerprint density at radius 3 is 2.50 bits per heavy atom. The number of furan rings is 1. The molecule has 1 aromatic carbocycles. The summed E-state index contributed by atoms with van der Waals surface area (Å²) in [5.41, 5.74) is -0.239. The Morgan fingerprint density at radius 1 is 1.25 bits per heavy atom. The summed E-state index contributed by atoms with van der Waals surface area (Å²) in [5, 5.41) is 0. The zero-order chi connectivity index (χ0) is 17.5. The lowest BCUT2D eigenvalue weighted by Crippen LogP contribution is -2.35. The second-order valence-corrected chi connectivity index (χ2v) is 6.15. The number of rotatable bonds is 4. The quantitative estimate of drug-likeness (QED) is 0.789. The summed E-state index contributed by atoms with van der Waals surface area (Å²) in [6.45, 7) is 3.50. The molecule has 0 unspecified atom stereocenters. The number of aryl methyl sites for hydroxylation is 1. The van der Waals surface area contributed by atoms with Crippen molar-refractivity contribution in [1.29, 1.82) is 0 Å². The number of hydrogen-bond donors (Lipinski definition) is 0. The van der Waals surface area contributed by atoms with Gasteiger partial charge in [-0.3, -0.25) is 4.79 Å². The number of amides is 1. The number of hydrogen-bond acceptors (Lipinski definition) is 2. The van der Waals surface area contributed by atoms with Crippen molar-refractivity contribution < 1.29 is 22.4 Å². The average Bonchev–Trinajstić information content (AvgIpc) is 3.26. The van der Waals surface area contributed by atoms with Crippen LogP contribution in [0.1, 0.15) is 53.2 Å². The maximum atomic E-state index is 12.9. The number of halogens is 3. The lowest BCUT2D eigenvalue weighted by molar-refractivity contribution is -0.137. The van der Waals surface area contributed by atoms with Gasteiger partial charge < -0.3 is 9.32 Å². The monoisotopic (exact) mass is 337 g/mol. The van der Waals surface area contributed by atoms with Crippen LogP contribution in [-0.4, -0.2) is 16.8 Å².